The van der Waals surface area contributed by atoms with E-state index in [0.717, 1.165) is 26.9 Å². The maximum absolute atomic E-state index is 13.2. The van der Waals surface area contributed by atoms with Crippen molar-refractivity contribution >= 4 is 27.9 Å². The number of hydrogen-bond acceptors (Lipinski definition) is 9. The van der Waals surface area contributed by atoms with Gasteiger partial charge in [0, 0.05) is 0 Å². The first kappa shape index (κ1) is 26.9. The third-order valence-corrected chi connectivity index (χ3v) is 6.90. The zero-order valence-electron chi connectivity index (χ0n) is 18.5. The van der Waals surface area contributed by atoms with Crippen molar-refractivity contribution in [3.8, 4) is 0 Å². The van der Waals surface area contributed by atoms with Crippen LogP contribution in [0.3, 0.4) is 0 Å². The maximum Gasteiger partial charge on any atom is 0.508 e. The highest BCUT2D eigenvalue weighted by atomic mass is 32.2. The number of esters is 2. The third kappa shape index (κ3) is 6.43. The van der Waals surface area contributed by atoms with Gasteiger partial charge in [0.05, 0.1) is 31.5 Å². The van der Waals surface area contributed by atoms with E-state index in [1.54, 1.807) is 12.1 Å². The van der Waals surface area contributed by atoms with Crippen LogP contribution < -0.4 is 0 Å². The molecule has 0 N–H and O–H groups in total. The molecule has 0 saturated heterocycles. The molecule has 0 fully saturated rings. The lowest BCUT2D eigenvalue weighted by atomic mass is 9.79. The first-order valence-electron chi connectivity index (χ1n) is 9.54. The molecule has 0 aromatic heterocycles. The zero-order valence-corrected chi connectivity index (χ0v) is 19.3. The van der Waals surface area contributed by atoms with Crippen LogP contribution in [0, 0.1) is 12.3 Å². The van der Waals surface area contributed by atoms with E-state index in [2.05, 4.69) is 11.3 Å². The van der Waals surface area contributed by atoms with Crippen LogP contribution in [0.25, 0.3) is 0 Å². The van der Waals surface area contributed by atoms with Gasteiger partial charge >= 0.3 is 18.1 Å². The molecule has 0 aliphatic carbocycles. The van der Waals surface area contributed by atoms with Crippen molar-refractivity contribution in [2.75, 3.05) is 27.9 Å². The number of carbonyl (C=O) groups is 3. The fourth-order valence-corrected chi connectivity index (χ4v) is 4.61. The summed E-state index contributed by atoms with van der Waals surface area (Å²) in [5.41, 5.74) is -1.10. The van der Waals surface area contributed by atoms with E-state index in [4.69, 9.17) is 14.2 Å². The van der Waals surface area contributed by atoms with Gasteiger partial charge in [0.25, 0.3) is 0 Å². The second kappa shape index (κ2) is 12.0. The summed E-state index contributed by atoms with van der Waals surface area (Å²) in [5.74, 6) is -1.93. The number of aryl methyl sites for hydroxylation is 1. The van der Waals surface area contributed by atoms with Crippen LogP contribution in [0.5, 0.6) is 0 Å². The lowest BCUT2D eigenvalue weighted by Crippen LogP contribution is -2.44. The summed E-state index contributed by atoms with van der Waals surface area (Å²) in [7, 11) is -0.660. The molecule has 1 rings (SSSR count). The standard InChI is InChI=1S/C22H28O9S/c1-6-17(32(26,27)18-11-9-16(2)10-12-18)15-22(19(23)28-3,20(24)29-4)13-7-8-14-31-21(25)30-5/h6-12,17H,1,13-15H2,2-5H3/b8-7-. The molecule has 1 unspecified atom stereocenters. The fraction of sp³-hybridized carbons (Fsp3) is 0.409. The lowest BCUT2D eigenvalue weighted by Gasteiger charge is -2.30. The van der Waals surface area contributed by atoms with Crippen LogP contribution in [0.15, 0.2) is 54.0 Å². The molecule has 32 heavy (non-hydrogen) atoms. The normalized spacial score (nSPS) is 12.6. The Hall–Kier alpha value is -3.14. The zero-order chi connectivity index (χ0) is 24.4. The van der Waals surface area contributed by atoms with Crippen molar-refractivity contribution in [2.45, 2.75) is 29.9 Å². The molecule has 1 atom stereocenters. The minimum Gasteiger partial charge on any atom is -0.468 e. The van der Waals surface area contributed by atoms with E-state index in [-0.39, 0.29) is 17.9 Å². The number of allylic oxidation sites excluding steroid dienone is 1. The summed E-state index contributed by atoms with van der Waals surface area (Å²) in [5, 5.41) is -1.29. The molecule has 0 amide bonds. The third-order valence-electron chi connectivity index (χ3n) is 4.81. The van der Waals surface area contributed by atoms with E-state index in [9.17, 15) is 22.8 Å². The molecule has 0 aliphatic heterocycles. The van der Waals surface area contributed by atoms with Crippen molar-refractivity contribution in [1.29, 1.82) is 0 Å². The number of methoxy groups -OCH3 is 3. The Morgan fingerprint density at radius 2 is 1.56 bits per heavy atom. The summed E-state index contributed by atoms with van der Waals surface area (Å²) < 4.78 is 45.1. The van der Waals surface area contributed by atoms with Gasteiger partial charge in [0.1, 0.15) is 6.61 Å². The van der Waals surface area contributed by atoms with Gasteiger partial charge in [-0.25, -0.2) is 13.2 Å². The molecule has 0 spiro atoms. The van der Waals surface area contributed by atoms with E-state index in [1.807, 2.05) is 6.92 Å². The first-order valence-corrected chi connectivity index (χ1v) is 11.1. The van der Waals surface area contributed by atoms with Gasteiger partial charge in [-0.15, -0.1) is 6.58 Å². The summed E-state index contributed by atoms with van der Waals surface area (Å²) in [6.07, 6.45) is 2.32. The van der Waals surface area contributed by atoms with Crippen LogP contribution in [0.1, 0.15) is 18.4 Å². The maximum atomic E-state index is 13.2. The van der Waals surface area contributed by atoms with Gasteiger partial charge in [-0.2, -0.15) is 0 Å². The summed E-state index contributed by atoms with van der Waals surface area (Å²) in [6.45, 7) is 5.22. The fourth-order valence-electron chi connectivity index (χ4n) is 2.98. The number of benzene rings is 1. The number of carbonyl (C=O) groups excluding carboxylic acids is 3. The highest BCUT2D eigenvalue weighted by Crippen LogP contribution is 2.36. The molecule has 0 radical (unpaired) electrons. The average Bonchev–Trinajstić information content (AvgIpc) is 2.79. The molecule has 9 nitrogen and oxygen atoms in total. The Balaban J connectivity index is 3.32. The van der Waals surface area contributed by atoms with Crippen molar-refractivity contribution < 1.29 is 41.7 Å². The van der Waals surface area contributed by atoms with Gasteiger partial charge in [-0.3, -0.25) is 9.59 Å². The van der Waals surface area contributed by atoms with Gasteiger partial charge < -0.3 is 18.9 Å². The second-order valence-electron chi connectivity index (χ2n) is 6.84. The summed E-state index contributed by atoms with van der Waals surface area (Å²) >= 11 is 0. The number of ether oxygens (including phenoxy) is 4. The van der Waals surface area contributed by atoms with Crippen LogP contribution in [-0.2, 0) is 38.4 Å². The summed E-state index contributed by atoms with van der Waals surface area (Å²) in [4.78, 5) is 36.5. The molecular weight excluding hydrogens is 440 g/mol. The number of rotatable bonds is 11. The SMILES string of the molecule is C=CC(CC(C/C=C\COC(=O)OC)(C(=O)OC)C(=O)OC)S(=O)(=O)c1ccc(C)cc1. The van der Waals surface area contributed by atoms with E-state index in [0.29, 0.717) is 0 Å². The summed E-state index contributed by atoms with van der Waals surface area (Å²) in [6, 6.07) is 6.18. The van der Waals surface area contributed by atoms with Crippen molar-refractivity contribution in [1.82, 2.24) is 0 Å². The van der Waals surface area contributed by atoms with Crippen LogP contribution >= 0.6 is 0 Å². The van der Waals surface area contributed by atoms with Crippen molar-refractivity contribution in [2.24, 2.45) is 5.41 Å². The predicted molar refractivity (Wildman–Crippen MR) is 116 cm³/mol. The van der Waals surface area contributed by atoms with Gasteiger partial charge in [-0.05, 0) is 31.9 Å². The molecule has 10 heteroatoms. The second-order valence-corrected chi connectivity index (χ2v) is 9.01. The smallest absolute Gasteiger partial charge is 0.468 e. The largest absolute Gasteiger partial charge is 0.508 e. The molecular formula is C22H28O9S. The molecule has 1 aromatic rings. The number of hydrogen-bond donors (Lipinski definition) is 0. The Morgan fingerprint density at radius 3 is 2.03 bits per heavy atom. The van der Waals surface area contributed by atoms with Gasteiger partial charge in [0.15, 0.2) is 15.3 Å². The average molecular weight is 469 g/mol. The predicted octanol–water partition coefficient (Wildman–Crippen LogP) is 2.78. The lowest BCUT2D eigenvalue weighted by molar-refractivity contribution is -0.169. The molecule has 1 aromatic carbocycles. The Morgan fingerprint density at radius 1 is 1.00 bits per heavy atom. The minimum absolute atomic E-state index is 0.0265. The molecule has 176 valence electrons. The Bertz CT molecular complexity index is 930. The van der Waals surface area contributed by atoms with Crippen molar-refractivity contribution in [3.63, 3.8) is 0 Å². The Kier molecular flexibility index (Phi) is 10.1. The molecule has 0 aliphatic rings. The minimum atomic E-state index is -3.98. The van der Waals surface area contributed by atoms with Gasteiger partial charge in [-0.1, -0.05) is 35.9 Å². The quantitative estimate of drug-likeness (QED) is 0.209. The molecule has 0 saturated carbocycles. The van der Waals surface area contributed by atoms with E-state index < -0.39 is 45.0 Å². The van der Waals surface area contributed by atoms with E-state index >= 15 is 0 Å². The van der Waals surface area contributed by atoms with Crippen LogP contribution in [-0.4, -0.2) is 59.7 Å². The molecule has 0 bridgehead atoms. The number of sulfone groups is 1. The highest BCUT2D eigenvalue weighted by molar-refractivity contribution is 7.92. The van der Waals surface area contributed by atoms with E-state index in [1.165, 1.54) is 30.4 Å². The van der Waals surface area contributed by atoms with Crippen LogP contribution in [0.2, 0.25) is 0 Å². The monoisotopic (exact) mass is 468 g/mol. The van der Waals surface area contributed by atoms with Gasteiger partial charge in [0.2, 0.25) is 0 Å². The Labute approximate surface area is 187 Å². The molecule has 0 heterocycles. The van der Waals surface area contributed by atoms with Crippen LogP contribution in [0.4, 0.5) is 4.79 Å². The topological polar surface area (TPSA) is 122 Å². The van der Waals surface area contributed by atoms with Crippen molar-refractivity contribution in [3.05, 3.63) is 54.6 Å². The first-order chi connectivity index (χ1) is 15.1. The highest BCUT2D eigenvalue weighted by Gasteiger charge is 2.50.